The van der Waals surface area contributed by atoms with Crippen LogP contribution in [-0.2, 0) is 11.3 Å². The van der Waals surface area contributed by atoms with Crippen LogP contribution in [0, 0.1) is 6.57 Å². The van der Waals surface area contributed by atoms with E-state index >= 15 is 0 Å². The lowest BCUT2D eigenvalue weighted by atomic mass is 10.0. The number of ether oxygens (including phenoxy) is 1. The lowest BCUT2D eigenvalue weighted by Gasteiger charge is -2.35. The average molecular weight is 449 g/mol. The van der Waals surface area contributed by atoms with Crippen molar-refractivity contribution >= 4 is 28.6 Å². The Balaban J connectivity index is 1.64. The monoisotopic (exact) mass is 448 g/mol. The molecule has 9 nitrogen and oxygen atoms in total. The van der Waals surface area contributed by atoms with Crippen molar-refractivity contribution < 1.29 is 9.53 Å². The molecule has 3 aromatic rings. The number of aromatic amines is 1. The number of pyridine rings is 1. The van der Waals surface area contributed by atoms with Crippen LogP contribution < -0.4 is 15.9 Å². The highest BCUT2D eigenvalue weighted by Crippen LogP contribution is 2.28. The third-order valence-corrected chi connectivity index (χ3v) is 5.57. The number of fused-ring (bicyclic) bond motifs is 1. The number of nitrogens with zero attached hydrogens (tertiary/aromatic N) is 4. The summed E-state index contributed by atoms with van der Waals surface area (Å²) in [5, 5.41) is 2.97. The van der Waals surface area contributed by atoms with Crippen molar-refractivity contribution in [2.75, 3.05) is 18.0 Å². The van der Waals surface area contributed by atoms with Crippen molar-refractivity contribution in [3.63, 3.8) is 0 Å². The van der Waals surface area contributed by atoms with Crippen LogP contribution in [0.25, 0.3) is 16.0 Å². The van der Waals surface area contributed by atoms with E-state index in [1.807, 2.05) is 45.0 Å². The predicted molar refractivity (Wildman–Crippen MR) is 127 cm³/mol. The molecule has 0 spiro atoms. The molecule has 1 fully saturated rings. The molecule has 1 aromatic carbocycles. The highest BCUT2D eigenvalue weighted by atomic mass is 16.6. The number of anilines is 1. The molecular weight excluding hydrogens is 420 g/mol. The lowest BCUT2D eigenvalue weighted by Crippen LogP contribution is -2.49. The number of H-pyrrole nitrogens is 1. The van der Waals surface area contributed by atoms with Gasteiger partial charge in [0.25, 0.3) is 0 Å². The van der Waals surface area contributed by atoms with E-state index in [9.17, 15) is 9.59 Å². The number of piperidine rings is 1. The molecule has 1 amide bonds. The van der Waals surface area contributed by atoms with E-state index in [2.05, 4.69) is 25.0 Å². The van der Waals surface area contributed by atoms with Gasteiger partial charge in [-0.15, -0.1) is 0 Å². The van der Waals surface area contributed by atoms with E-state index in [1.165, 1.54) is 0 Å². The number of carbonyl (C=O) groups excluding carboxylic acids is 1. The molecule has 9 heteroatoms. The fourth-order valence-corrected chi connectivity index (χ4v) is 4.19. The molecule has 4 rings (SSSR count). The van der Waals surface area contributed by atoms with E-state index in [-0.39, 0.29) is 18.3 Å². The molecular formula is C24H28N6O3. The maximum atomic E-state index is 12.8. The Bertz CT molecular complexity index is 1260. The van der Waals surface area contributed by atoms with Crippen molar-refractivity contribution in [3.05, 3.63) is 64.0 Å². The highest BCUT2D eigenvalue weighted by Gasteiger charge is 2.26. The van der Waals surface area contributed by atoms with Gasteiger partial charge in [0.05, 0.1) is 12.3 Å². The van der Waals surface area contributed by atoms with Gasteiger partial charge in [0, 0.05) is 31.9 Å². The van der Waals surface area contributed by atoms with Gasteiger partial charge in [-0.2, -0.15) is 0 Å². The first-order valence-corrected chi connectivity index (χ1v) is 11.0. The van der Waals surface area contributed by atoms with Gasteiger partial charge >= 0.3 is 11.8 Å². The molecule has 2 aromatic heterocycles. The Morgan fingerprint density at radius 2 is 2.12 bits per heavy atom. The Morgan fingerprint density at radius 1 is 1.33 bits per heavy atom. The second-order valence-corrected chi connectivity index (χ2v) is 9.22. The number of benzene rings is 1. The normalized spacial score (nSPS) is 16.4. The number of nitrogens with one attached hydrogen (secondary N) is 2. The van der Waals surface area contributed by atoms with Gasteiger partial charge in [0.1, 0.15) is 11.1 Å². The van der Waals surface area contributed by atoms with Gasteiger partial charge in [0.2, 0.25) is 0 Å². The average Bonchev–Trinajstić information content (AvgIpc) is 3.08. The largest absolute Gasteiger partial charge is 0.444 e. The molecule has 0 saturated carbocycles. The number of amides is 1. The van der Waals surface area contributed by atoms with Crippen LogP contribution in [0.4, 0.5) is 16.2 Å². The Hall–Kier alpha value is -3.80. The molecule has 1 saturated heterocycles. The van der Waals surface area contributed by atoms with Crippen LogP contribution in [0.2, 0.25) is 0 Å². The van der Waals surface area contributed by atoms with Crippen molar-refractivity contribution in [1.82, 2.24) is 19.9 Å². The first-order valence-electron chi connectivity index (χ1n) is 11.0. The molecule has 1 aliphatic heterocycles. The minimum Gasteiger partial charge on any atom is -0.444 e. The third kappa shape index (κ3) is 5.00. The third-order valence-electron chi connectivity index (χ3n) is 5.57. The molecule has 0 aliphatic carbocycles. The number of alkyl carbamates (subject to hydrolysis) is 1. The lowest BCUT2D eigenvalue weighted by molar-refractivity contribution is 0.0500. The number of carbonyl (C=O) groups is 1. The topological polar surface area (TPSA) is 96.6 Å². The Morgan fingerprint density at radius 3 is 2.88 bits per heavy atom. The summed E-state index contributed by atoms with van der Waals surface area (Å²) >= 11 is 0. The van der Waals surface area contributed by atoms with Gasteiger partial charge in [-0.1, -0.05) is 24.3 Å². The van der Waals surface area contributed by atoms with Crippen molar-refractivity contribution in [3.8, 4) is 0 Å². The molecule has 2 N–H and O–H groups in total. The molecule has 172 valence electrons. The van der Waals surface area contributed by atoms with Crippen LogP contribution in [0.15, 0.2) is 41.3 Å². The molecule has 33 heavy (non-hydrogen) atoms. The van der Waals surface area contributed by atoms with E-state index in [1.54, 1.807) is 16.8 Å². The smallest absolute Gasteiger partial charge is 0.407 e. The molecule has 3 heterocycles. The quantitative estimate of drug-likeness (QED) is 0.592. The van der Waals surface area contributed by atoms with Gasteiger partial charge < -0.3 is 15.0 Å². The van der Waals surface area contributed by atoms with E-state index in [4.69, 9.17) is 11.3 Å². The van der Waals surface area contributed by atoms with Crippen LogP contribution >= 0.6 is 0 Å². The zero-order valence-electron chi connectivity index (χ0n) is 19.1. The summed E-state index contributed by atoms with van der Waals surface area (Å²) in [6, 6.07) is 9.10. The first-order chi connectivity index (χ1) is 15.7. The van der Waals surface area contributed by atoms with Gasteiger partial charge in [0.15, 0.2) is 11.3 Å². The number of aromatic nitrogens is 3. The number of para-hydroxylation sites is 1. The summed E-state index contributed by atoms with van der Waals surface area (Å²) in [5.74, 6) is 0. The summed E-state index contributed by atoms with van der Waals surface area (Å²) in [5.41, 5.74) is 2.52. The summed E-state index contributed by atoms with van der Waals surface area (Å²) in [6.07, 6.45) is 2.99. The summed E-state index contributed by atoms with van der Waals surface area (Å²) in [4.78, 5) is 38.0. The van der Waals surface area contributed by atoms with E-state index in [0.29, 0.717) is 23.4 Å². The Kier molecular flexibility index (Phi) is 6.09. The fraction of sp³-hybridized carbons (Fsp3) is 0.417. The number of rotatable bonds is 4. The van der Waals surface area contributed by atoms with Gasteiger partial charge in [-0.05, 0) is 45.2 Å². The van der Waals surface area contributed by atoms with Crippen molar-refractivity contribution in [2.24, 2.45) is 0 Å². The summed E-state index contributed by atoms with van der Waals surface area (Å²) < 4.78 is 7.04. The van der Waals surface area contributed by atoms with Gasteiger partial charge in [-0.25, -0.2) is 19.4 Å². The minimum atomic E-state index is -0.557. The molecule has 1 aliphatic rings. The Labute approximate surface area is 192 Å². The number of hydrogen-bond acceptors (Lipinski definition) is 5. The molecule has 0 radical (unpaired) electrons. The second-order valence-electron chi connectivity index (χ2n) is 9.22. The summed E-state index contributed by atoms with van der Waals surface area (Å²) in [6.45, 7) is 14.6. The van der Waals surface area contributed by atoms with Gasteiger partial charge in [-0.3, -0.25) is 9.55 Å². The fourth-order valence-electron chi connectivity index (χ4n) is 4.19. The highest BCUT2D eigenvalue weighted by molar-refractivity contribution is 5.86. The number of imidazole rings is 1. The molecule has 0 bridgehead atoms. The van der Waals surface area contributed by atoms with Crippen molar-refractivity contribution in [2.45, 2.75) is 51.8 Å². The van der Waals surface area contributed by atoms with Crippen molar-refractivity contribution in [1.29, 1.82) is 0 Å². The van der Waals surface area contributed by atoms with Crippen LogP contribution in [0.3, 0.4) is 0 Å². The predicted octanol–water partition coefficient (Wildman–Crippen LogP) is 3.82. The standard InChI is InChI=1S/C24H28N6O3/c1-24(2,3)33-23(32)27-17-9-7-13-29(15-17)19-11-12-26-21-20(19)30(22(31)28-21)14-16-8-5-6-10-18(16)25-4/h5-6,8,10-12,17H,7,9,13-15H2,1-3H3,(H,27,32)(H,26,28,31)/t17-/m1/s1. The zero-order chi connectivity index (χ0) is 23.6. The van der Waals surface area contributed by atoms with Crippen LogP contribution in [-0.4, -0.2) is 45.4 Å². The van der Waals surface area contributed by atoms with Crippen LogP contribution in [0.1, 0.15) is 39.2 Å². The molecule has 1 atom stereocenters. The second kappa shape index (κ2) is 8.98. The van der Waals surface area contributed by atoms with E-state index < -0.39 is 11.7 Å². The number of hydrogen-bond donors (Lipinski definition) is 2. The summed E-state index contributed by atoms with van der Waals surface area (Å²) in [7, 11) is 0. The maximum Gasteiger partial charge on any atom is 0.407 e. The van der Waals surface area contributed by atoms with E-state index in [0.717, 1.165) is 30.6 Å². The SMILES string of the molecule is [C-]#[N+]c1ccccc1Cn1c(=O)[nH]c2nccc(N3CCC[C@@H](NC(=O)OC(C)(C)C)C3)c21. The maximum absolute atomic E-state index is 12.8. The first kappa shape index (κ1) is 22.4. The zero-order valence-corrected chi connectivity index (χ0v) is 19.1. The minimum absolute atomic E-state index is 0.0706. The van der Waals surface area contributed by atoms with Crippen LogP contribution in [0.5, 0.6) is 0 Å². The molecule has 0 unspecified atom stereocenters.